The standard InChI is InChI=1S/C20H20F2N4O3S/c1-12-5-7-14(10-18(12)30(28,29)25(2)3)23-20(27)16-11-26(4)24-19(16)15-8-6-13(21)9-17(15)22/h5-11H,1-4H3,(H,23,27). The van der Waals surface area contributed by atoms with E-state index >= 15 is 0 Å². The third kappa shape index (κ3) is 4.10. The van der Waals surface area contributed by atoms with Gasteiger partial charge in [-0.3, -0.25) is 9.48 Å². The van der Waals surface area contributed by atoms with E-state index in [-0.39, 0.29) is 27.4 Å². The summed E-state index contributed by atoms with van der Waals surface area (Å²) in [4.78, 5) is 12.9. The molecular formula is C20H20F2N4O3S. The Bertz CT molecular complexity index is 1240. The van der Waals surface area contributed by atoms with E-state index in [2.05, 4.69) is 10.4 Å². The number of aryl methyl sites for hydroxylation is 2. The average Bonchev–Trinajstić information content (AvgIpc) is 3.04. The van der Waals surface area contributed by atoms with Gasteiger partial charge in [-0.15, -0.1) is 0 Å². The third-order valence-electron chi connectivity index (χ3n) is 4.46. The summed E-state index contributed by atoms with van der Waals surface area (Å²) in [5, 5.41) is 6.74. The highest BCUT2D eigenvalue weighted by Crippen LogP contribution is 2.27. The molecule has 3 rings (SSSR count). The van der Waals surface area contributed by atoms with Crippen molar-refractivity contribution in [2.24, 2.45) is 7.05 Å². The van der Waals surface area contributed by atoms with Crippen LogP contribution >= 0.6 is 0 Å². The van der Waals surface area contributed by atoms with Gasteiger partial charge in [0.15, 0.2) is 0 Å². The Morgan fingerprint density at radius 1 is 1.13 bits per heavy atom. The molecule has 1 heterocycles. The summed E-state index contributed by atoms with van der Waals surface area (Å²) in [6, 6.07) is 7.50. The van der Waals surface area contributed by atoms with E-state index < -0.39 is 27.6 Å². The van der Waals surface area contributed by atoms with Crippen LogP contribution in [0.4, 0.5) is 14.5 Å². The SMILES string of the molecule is Cc1ccc(NC(=O)c2cn(C)nc2-c2ccc(F)cc2F)cc1S(=O)(=O)N(C)C. The molecule has 7 nitrogen and oxygen atoms in total. The number of nitrogens with one attached hydrogen (secondary N) is 1. The zero-order chi connectivity index (χ0) is 22.2. The lowest BCUT2D eigenvalue weighted by atomic mass is 10.1. The molecule has 3 aromatic rings. The van der Waals surface area contributed by atoms with Crippen LogP contribution in [0, 0.1) is 18.6 Å². The largest absolute Gasteiger partial charge is 0.322 e. The second-order valence-electron chi connectivity index (χ2n) is 6.91. The van der Waals surface area contributed by atoms with Gasteiger partial charge in [-0.25, -0.2) is 21.5 Å². The Balaban J connectivity index is 1.99. The Kier molecular flexibility index (Phi) is 5.73. The first kappa shape index (κ1) is 21.6. The summed E-state index contributed by atoms with van der Waals surface area (Å²) >= 11 is 0. The molecule has 0 fully saturated rings. The van der Waals surface area contributed by atoms with Crippen molar-refractivity contribution in [2.75, 3.05) is 19.4 Å². The maximum absolute atomic E-state index is 14.2. The molecule has 10 heteroatoms. The maximum atomic E-state index is 14.2. The minimum absolute atomic E-state index is 0.0260. The third-order valence-corrected chi connectivity index (χ3v) is 6.42. The molecule has 30 heavy (non-hydrogen) atoms. The zero-order valence-electron chi connectivity index (χ0n) is 16.8. The van der Waals surface area contributed by atoms with Crippen molar-refractivity contribution >= 4 is 21.6 Å². The molecule has 1 N–H and O–H groups in total. The molecule has 0 saturated carbocycles. The summed E-state index contributed by atoms with van der Waals surface area (Å²) < 4.78 is 54.9. The molecule has 0 atom stereocenters. The van der Waals surface area contributed by atoms with E-state index in [0.717, 1.165) is 10.4 Å². The number of hydrogen-bond donors (Lipinski definition) is 1. The highest BCUT2D eigenvalue weighted by Gasteiger charge is 2.23. The van der Waals surface area contributed by atoms with Crippen LogP contribution < -0.4 is 5.32 Å². The summed E-state index contributed by atoms with van der Waals surface area (Å²) in [7, 11) is 0.690. The van der Waals surface area contributed by atoms with Gasteiger partial charge in [0.2, 0.25) is 10.0 Å². The number of anilines is 1. The van der Waals surface area contributed by atoms with Crippen LogP contribution in [0.15, 0.2) is 47.5 Å². The fourth-order valence-electron chi connectivity index (χ4n) is 2.89. The second-order valence-corrected chi connectivity index (χ2v) is 9.03. The molecule has 0 saturated heterocycles. The summed E-state index contributed by atoms with van der Waals surface area (Å²) in [5.74, 6) is -2.20. The number of halogens is 2. The number of aromatic nitrogens is 2. The molecule has 0 radical (unpaired) electrons. The van der Waals surface area contributed by atoms with Gasteiger partial charge in [-0.2, -0.15) is 5.10 Å². The molecule has 0 unspecified atom stereocenters. The first-order valence-corrected chi connectivity index (χ1v) is 10.3. The van der Waals surface area contributed by atoms with E-state index in [4.69, 9.17) is 0 Å². The lowest BCUT2D eigenvalue weighted by molar-refractivity contribution is 0.102. The van der Waals surface area contributed by atoms with Crippen molar-refractivity contribution in [1.29, 1.82) is 0 Å². The Hall–Kier alpha value is -3.11. The van der Waals surface area contributed by atoms with Crippen molar-refractivity contribution < 1.29 is 22.0 Å². The van der Waals surface area contributed by atoms with Crippen molar-refractivity contribution in [2.45, 2.75) is 11.8 Å². The normalized spacial score (nSPS) is 11.7. The van der Waals surface area contributed by atoms with Crippen LogP contribution in [0.5, 0.6) is 0 Å². The van der Waals surface area contributed by atoms with Crippen LogP contribution in [0.25, 0.3) is 11.3 Å². The Labute approximate surface area is 173 Å². The number of carbonyl (C=O) groups is 1. The van der Waals surface area contributed by atoms with Crippen molar-refractivity contribution in [3.05, 3.63) is 65.4 Å². The van der Waals surface area contributed by atoms with Gasteiger partial charge >= 0.3 is 0 Å². The lowest BCUT2D eigenvalue weighted by Crippen LogP contribution is -2.23. The minimum atomic E-state index is -3.71. The summed E-state index contributed by atoms with van der Waals surface area (Å²) in [6.07, 6.45) is 1.40. The van der Waals surface area contributed by atoms with Crippen molar-refractivity contribution in [3.63, 3.8) is 0 Å². The van der Waals surface area contributed by atoms with Gasteiger partial charge in [0.05, 0.1) is 10.5 Å². The Morgan fingerprint density at radius 2 is 1.83 bits per heavy atom. The molecular weight excluding hydrogens is 414 g/mol. The van der Waals surface area contributed by atoms with Crippen LogP contribution in [-0.4, -0.2) is 42.5 Å². The lowest BCUT2D eigenvalue weighted by Gasteiger charge is -2.15. The van der Waals surface area contributed by atoms with E-state index in [1.54, 1.807) is 26.1 Å². The smallest absolute Gasteiger partial charge is 0.259 e. The molecule has 0 spiro atoms. The maximum Gasteiger partial charge on any atom is 0.259 e. The molecule has 1 amide bonds. The van der Waals surface area contributed by atoms with Gasteiger partial charge in [0.25, 0.3) is 5.91 Å². The van der Waals surface area contributed by atoms with E-state index in [1.807, 2.05) is 0 Å². The zero-order valence-corrected chi connectivity index (χ0v) is 17.6. The highest BCUT2D eigenvalue weighted by molar-refractivity contribution is 7.89. The number of nitrogens with zero attached hydrogens (tertiary/aromatic N) is 3. The minimum Gasteiger partial charge on any atom is -0.322 e. The number of rotatable bonds is 5. The fraction of sp³-hybridized carbons (Fsp3) is 0.200. The average molecular weight is 434 g/mol. The fourth-order valence-corrected chi connectivity index (χ4v) is 4.03. The second kappa shape index (κ2) is 7.96. The Morgan fingerprint density at radius 3 is 2.47 bits per heavy atom. The summed E-state index contributed by atoms with van der Waals surface area (Å²) in [5.41, 5.74) is 0.848. The van der Waals surface area contributed by atoms with Gasteiger partial charge < -0.3 is 5.32 Å². The first-order valence-electron chi connectivity index (χ1n) is 8.84. The molecule has 0 aliphatic rings. The van der Waals surface area contributed by atoms with Crippen molar-refractivity contribution in [1.82, 2.24) is 14.1 Å². The molecule has 2 aromatic carbocycles. The predicted octanol–water partition coefficient (Wildman–Crippen LogP) is 3.18. The van der Waals surface area contributed by atoms with Crippen LogP contribution in [0.2, 0.25) is 0 Å². The van der Waals surface area contributed by atoms with Crippen LogP contribution in [0.1, 0.15) is 15.9 Å². The topological polar surface area (TPSA) is 84.3 Å². The quantitative estimate of drug-likeness (QED) is 0.669. The van der Waals surface area contributed by atoms with E-state index in [1.165, 1.54) is 37.1 Å². The van der Waals surface area contributed by atoms with Crippen LogP contribution in [0.3, 0.4) is 0 Å². The molecule has 0 bridgehead atoms. The number of benzene rings is 2. The number of carbonyl (C=O) groups excluding carboxylic acids is 1. The molecule has 0 aliphatic carbocycles. The first-order chi connectivity index (χ1) is 14.0. The highest BCUT2D eigenvalue weighted by atomic mass is 32.2. The van der Waals surface area contributed by atoms with Crippen LogP contribution in [-0.2, 0) is 17.1 Å². The monoisotopic (exact) mass is 434 g/mol. The molecule has 0 aliphatic heterocycles. The predicted molar refractivity (Wildman–Crippen MR) is 109 cm³/mol. The van der Waals surface area contributed by atoms with Gasteiger partial charge in [-0.05, 0) is 36.8 Å². The number of sulfonamides is 1. The van der Waals surface area contributed by atoms with E-state index in [9.17, 15) is 22.0 Å². The van der Waals surface area contributed by atoms with Gasteiger partial charge in [0.1, 0.15) is 17.3 Å². The molecule has 158 valence electrons. The van der Waals surface area contributed by atoms with Gasteiger partial charge in [-0.1, -0.05) is 6.07 Å². The number of amides is 1. The number of hydrogen-bond acceptors (Lipinski definition) is 4. The van der Waals surface area contributed by atoms with Gasteiger partial charge in [0, 0.05) is 44.7 Å². The van der Waals surface area contributed by atoms with Crippen molar-refractivity contribution in [3.8, 4) is 11.3 Å². The van der Waals surface area contributed by atoms with E-state index in [0.29, 0.717) is 11.6 Å². The summed E-state index contributed by atoms with van der Waals surface area (Å²) in [6.45, 7) is 1.65. The molecule has 1 aromatic heterocycles.